The fraction of sp³-hybridized carbons (Fsp3) is 0.353. The number of hydrogen-bond donors (Lipinski definition) is 2. The van der Waals surface area contributed by atoms with Gasteiger partial charge in [-0.2, -0.15) is 5.26 Å². The number of amides is 1. The Morgan fingerprint density at radius 2 is 2.36 bits per heavy atom. The van der Waals surface area contributed by atoms with Crippen LogP contribution in [0, 0.1) is 17.2 Å². The van der Waals surface area contributed by atoms with E-state index in [0.29, 0.717) is 12.0 Å². The monoisotopic (exact) mass is 294 g/mol. The van der Waals surface area contributed by atoms with Gasteiger partial charge in [-0.05, 0) is 30.5 Å². The first kappa shape index (κ1) is 14.3. The number of benzene rings is 1. The fourth-order valence-corrected chi connectivity index (χ4v) is 2.68. The number of imidazole rings is 1. The van der Waals surface area contributed by atoms with Gasteiger partial charge in [0.2, 0.25) is 5.91 Å². The summed E-state index contributed by atoms with van der Waals surface area (Å²) in [6.45, 7) is 1.91. The van der Waals surface area contributed by atoms with E-state index in [4.69, 9.17) is 5.26 Å². The first-order valence-corrected chi connectivity index (χ1v) is 7.43. The first-order valence-electron chi connectivity index (χ1n) is 7.43. The van der Waals surface area contributed by atoms with Crippen LogP contribution in [0.5, 0.6) is 0 Å². The number of carbonyl (C=O) groups excluding carboxylic acids is 1. The maximum atomic E-state index is 12.4. The molecule has 2 aromatic rings. The van der Waals surface area contributed by atoms with Gasteiger partial charge < -0.3 is 10.3 Å². The zero-order valence-electron chi connectivity index (χ0n) is 12.5. The van der Waals surface area contributed by atoms with Gasteiger partial charge in [0, 0.05) is 24.2 Å². The molecular formula is C17H18N4O. The third-order valence-electron chi connectivity index (χ3n) is 4.19. The Labute approximate surface area is 129 Å². The molecule has 0 spiro atoms. The highest BCUT2D eigenvalue weighted by molar-refractivity contribution is 5.80. The maximum absolute atomic E-state index is 12.4. The van der Waals surface area contributed by atoms with E-state index < -0.39 is 0 Å². The van der Waals surface area contributed by atoms with E-state index in [-0.39, 0.29) is 17.4 Å². The summed E-state index contributed by atoms with van der Waals surface area (Å²) in [4.78, 5) is 19.4. The molecule has 1 atom stereocenters. The molecule has 1 heterocycles. The second kappa shape index (κ2) is 5.64. The smallest absolute Gasteiger partial charge is 0.223 e. The molecule has 22 heavy (non-hydrogen) atoms. The summed E-state index contributed by atoms with van der Waals surface area (Å²) < 4.78 is 0. The topological polar surface area (TPSA) is 81.6 Å². The Hall–Kier alpha value is -2.61. The summed E-state index contributed by atoms with van der Waals surface area (Å²) in [5.41, 5.74) is 2.32. The van der Waals surface area contributed by atoms with Gasteiger partial charge in [-0.3, -0.25) is 4.79 Å². The Balaban J connectivity index is 1.69. The summed E-state index contributed by atoms with van der Waals surface area (Å²) in [5, 5.41) is 12.2. The summed E-state index contributed by atoms with van der Waals surface area (Å²) in [6.07, 6.45) is 5.84. The number of H-pyrrole nitrogens is 1. The molecule has 1 aliphatic rings. The number of hydrogen-bond acceptors (Lipinski definition) is 3. The quantitative estimate of drug-likeness (QED) is 0.887. The standard InChI is InChI=1S/C17H18N4O/c1-12(7-15-10-19-11-20-15)16(22)21-17(5-6-17)14-4-2-3-13(8-14)9-18/h2-4,8,10-12H,5-7H2,1H3,(H,19,20)(H,21,22)/t12-/m1/s1. The van der Waals surface area contributed by atoms with E-state index in [1.54, 1.807) is 18.6 Å². The van der Waals surface area contributed by atoms with Crippen molar-refractivity contribution in [1.29, 1.82) is 5.26 Å². The molecule has 2 N–H and O–H groups in total. The van der Waals surface area contributed by atoms with Crippen molar-refractivity contribution in [3.63, 3.8) is 0 Å². The Morgan fingerprint density at radius 3 is 3.00 bits per heavy atom. The largest absolute Gasteiger partial charge is 0.348 e. The van der Waals surface area contributed by atoms with Crippen LogP contribution in [-0.2, 0) is 16.8 Å². The summed E-state index contributed by atoms with van der Waals surface area (Å²) in [7, 11) is 0. The minimum atomic E-state index is -0.286. The van der Waals surface area contributed by atoms with Gasteiger partial charge in [0.15, 0.2) is 0 Å². The third kappa shape index (κ3) is 2.86. The molecule has 0 unspecified atom stereocenters. The van der Waals surface area contributed by atoms with Crippen LogP contribution in [0.1, 0.15) is 36.6 Å². The lowest BCUT2D eigenvalue weighted by molar-refractivity contribution is -0.125. The minimum Gasteiger partial charge on any atom is -0.348 e. The Bertz CT molecular complexity index is 711. The molecule has 0 bridgehead atoms. The third-order valence-corrected chi connectivity index (χ3v) is 4.19. The number of nitrogens with one attached hydrogen (secondary N) is 2. The van der Waals surface area contributed by atoms with E-state index in [9.17, 15) is 4.79 Å². The lowest BCUT2D eigenvalue weighted by Crippen LogP contribution is -2.38. The van der Waals surface area contributed by atoms with Gasteiger partial charge >= 0.3 is 0 Å². The van der Waals surface area contributed by atoms with Crippen molar-refractivity contribution in [3.05, 3.63) is 53.6 Å². The molecular weight excluding hydrogens is 276 g/mol. The molecule has 1 amide bonds. The highest BCUT2D eigenvalue weighted by Gasteiger charge is 2.46. The summed E-state index contributed by atoms with van der Waals surface area (Å²) >= 11 is 0. The fourth-order valence-electron chi connectivity index (χ4n) is 2.68. The van der Waals surface area contributed by atoms with Gasteiger partial charge in [-0.1, -0.05) is 19.1 Å². The second-order valence-corrected chi connectivity index (χ2v) is 5.95. The molecule has 0 aliphatic heterocycles. The van der Waals surface area contributed by atoms with Crippen LogP contribution in [0.2, 0.25) is 0 Å². The minimum absolute atomic E-state index is 0.0365. The van der Waals surface area contributed by atoms with Crippen molar-refractivity contribution in [2.24, 2.45) is 5.92 Å². The normalized spacial score (nSPS) is 16.5. The van der Waals surface area contributed by atoms with Gasteiger partial charge in [0.1, 0.15) is 0 Å². The van der Waals surface area contributed by atoms with E-state index >= 15 is 0 Å². The van der Waals surface area contributed by atoms with Crippen molar-refractivity contribution in [2.75, 3.05) is 0 Å². The molecule has 0 saturated heterocycles. The van der Waals surface area contributed by atoms with Crippen molar-refractivity contribution >= 4 is 5.91 Å². The number of aromatic nitrogens is 2. The van der Waals surface area contributed by atoms with Crippen LogP contribution in [0.25, 0.3) is 0 Å². The van der Waals surface area contributed by atoms with Crippen LogP contribution in [0.4, 0.5) is 0 Å². The predicted octanol–water partition coefficient (Wildman–Crippen LogP) is 2.27. The molecule has 1 aromatic heterocycles. The number of nitrogens with zero attached hydrogens (tertiary/aromatic N) is 2. The SMILES string of the molecule is C[C@H](Cc1cnc[nH]1)C(=O)NC1(c2cccc(C#N)c2)CC1. The number of rotatable bonds is 5. The van der Waals surface area contributed by atoms with E-state index in [0.717, 1.165) is 24.1 Å². The maximum Gasteiger partial charge on any atom is 0.223 e. The molecule has 112 valence electrons. The lowest BCUT2D eigenvalue weighted by atomic mass is 10.00. The predicted molar refractivity (Wildman–Crippen MR) is 81.7 cm³/mol. The van der Waals surface area contributed by atoms with Gasteiger partial charge in [-0.25, -0.2) is 4.98 Å². The summed E-state index contributed by atoms with van der Waals surface area (Å²) in [5.74, 6) is -0.0912. The van der Waals surface area contributed by atoms with Crippen molar-refractivity contribution < 1.29 is 4.79 Å². The number of carbonyl (C=O) groups is 1. The van der Waals surface area contributed by atoms with Gasteiger partial charge in [0.25, 0.3) is 0 Å². The van der Waals surface area contributed by atoms with E-state index in [2.05, 4.69) is 21.4 Å². The average molecular weight is 294 g/mol. The van der Waals surface area contributed by atoms with Crippen LogP contribution in [0.3, 0.4) is 0 Å². The molecule has 0 radical (unpaired) electrons. The van der Waals surface area contributed by atoms with Crippen LogP contribution in [0.15, 0.2) is 36.8 Å². The molecule has 1 aromatic carbocycles. The van der Waals surface area contributed by atoms with Gasteiger partial charge in [-0.15, -0.1) is 0 Å². The van der Waals surface area contributed by atoms with Crippen LogP contribution < -0.4 is 5.32 Å². The number of nitriles is 1. The van der Waals surface area contributed by atoms with Crippen molar-refractivity contribution in [1.82, 2.24) is 15.3 Å². The van der Waals surface area contributed by atoms with Gasteiger partial charge in [0.05, 0.1) is 23.5 Å². The molecule has 5 heteroatoms. The summed E-state index contributed by atoms with van der Waals surface area (Å²) in [6, 6.07) is 9.65. The highest BCUT2D eigenvalue weighted by atomic mass is 16.2. The average Bonchev–Trinajstić information content (AvgIpc) is 3.14. The zero-order valence-corrected chi connectivity index (χ0v) is 12.5. The van der Waals surface area contributed by atoms with Crippen molar-refractivity contribution in [2.45, 2.75) is 31.7 Å². The van der Waals surface area contributed by atoms with E-state index in [1.807, 2.05) is 25.1 Å². The first-order chi connectivity index (χ1) is 10.6. The zero-order chi connectivity index (χ0) is 15.6. The molecule has 1 saturated carbocycles. The number of aromatic amines is 1. The van der Waals surface area contributed by atoms with Crippen LogP contribution >= 0.6 is 0 Å². The Morgan fingerprint density at radius 1 is 1.55 bits per heavy atom. The van der Waals surface area contributed by atoms with E-state index in [1.165, 1.54) is 0 Å². The molecule has 1 aliphatic carbocycles. The second-order valence-electron chi connectivity index (χ2n) is 5.95. The molecule has 3 rings (SSSR count). The Kier molecular flexibility index (Phi) is 3.68. The van der Waals surface area contributed by atoms with Crippen LogP contribution in [-0.4, -0.2) is 15.9 Å². The highest BCUT2D eigenvalue weighted by Crippen LogP contribution is 2.45. The molecule has 5 nitrogen and oxygen atoms in total. The van der Waals surface area contributed by atoms with Crippen molar-refractivity contribution in [3.8, 4) is 6.07 Å². The molecule has 1 fully saturated rings. The lowest BCUT2D eigenvalue weighted by Gasteiger charge is -2.21.